The lowest BCUT2D eigenvalue weighted by molar-refractivity contribution is -0.135. The first kappa shape index (κ1) is 11.9. The number of imide groups is 1. The van der Waals surface area contributed by atoms with Gasteiger partial charge in [-0.1, -0.05) is 43.0 Å². The van der Waals surface area contributed by atoms with Gasteiger partial charge in [0, 0.05) is 19.2 Å². The summed E-state index contributed by atoms with van der Waals surface area (Å²) in [5, 5.41) is 0. The summed E-state index contributed by atoms with van der Waals surface area (Å²) >= 11 is 0. The van der Waals surface area contributed by atoms with Crippen LogP contribution in [0, 0.1) is 0 Å². The van der Waals surface area contributed by atoms with Gasteiger partial charge >= 0.3 is 0 Å². The second kappa shape index (κ2) is 5.66. The van der Waals surface area contributed by atoms with Crippen LogP contribution in [0.1, 0.15) is 5.56 Å². The molecule has 0 aromatic heterocycles. The van der Waals surface area contributed by atoms with Gasteiger partial charge in [0.2, 0.25) is 0 Å². The van der Waals surface area contributed by atoms with E-state index in [4.69, 9.17) is 0 Å². The van der Waals surface area contributed by atoms with Crippen LogP contribution < -0.4 is 0 Å². The minimum absolute atomic E-state index is 0.241. The Kier molecular flexibility index (Phi) is 4.21. The molecule has 1 heterocycles. The molecule has 0 unspecified atom stereocenters. The molecule has 2 amide bonds. The summed E-state index contributed by atoms with van der Waals surface area (Å²) in [4.78, 5) is 21.9. The van der Waals surface area contributed by atoms with Gasteiger partial charge in [-0.15, -0.1) is 0 Å². The fraction of sp³-hybridized carbons (Fsp3) is 0.0769. The number of hydrogen-bond donors (Lipinski definition) is 0. The van der Waals surface area contributed by atoms with Crippen molar-refractivity contribution < 1.29 is 9.59 Å². The van der Waals surface area contributed by atoms with E-state index in [0.717, 1.165) is 4.90 Å². The highest BCUT2D eigenvalue weighted by Gasteiger charge is 2.17. The summed E-state index contributed by atoms with van der Waals surface area (Å²) < 4.78 is 0. The largest absolute Gasteiger partial charge is 0.279 e. The van der Waals surface area contributed by atoms with Crippen LogP contribution in [0.25, 0.3) is 6.08 Å². The quantitative estimate of drug-likeness (QED) is 0.671. The number of carbonyl (C=O) groups is 2. The van der Waals surface area contributed by atoms with Gasteiger partial charge in [-0.25, -0.2) is 0 Å². The third-order valence-corrected chi connectivity index (χ3v) is 2.06. The molecule has 82 valence electrons. The number of nitrogens with zero attached hydrogens (tertiary/aromatic N) is 1. The Hall–Kier alpha value is -2.16. The van der Waals surface area contributed by atoms with Gasteiger partial charge in [-0.05, 0) is 5.56 Å². The van der Waals surface area contributed by atoms with Gasteiger partial charge in [-0.3, -0.25) is 14.5 Å². The third kappa shape index (κ3) is 3.20. The summed E-state index contributed by atoms with van der Waals surface area (Å²) in [7, 11) is 1.45. The molecule has 2 rings (SSSR count). The van der Waals surface area contributed by atoms with E-state index in [1.807, 2.05) is 36.4 Å². The molecule has 0 radical (unpaired) electrons. The number of carbonyl (C=O) groups excluding carboxylic acids is 2. The maximum atomic E-state index is 10.4. The molecule has 0 saturated heterocycles. The first-order chi connectivity index (χ1) is 7.65. The van der Waals surface area contributed by atoms with Crippen molar-refractivity contribution in [3.8, 4) is 0 Å². The number of benzene rings is 1. The predicted octanol–water partition coefficient (Wildman–Crippen LogP) is 1.87. The number of likely N-dealkylation sites (N-methyl/N-ethyl adjacent to an activating group) is 1. The summed E-state index contributed by atoms with van der Waals surface area (Å²) in [6, 6.07) is 10.0. The highest BCUT2D eigenvalue weighted by Crippen LogP contribution is 1.98. The molecule has 0 spiro atoms. The zero-order valence-corrected chi connectivity index (χ0v) is 9.09. The molecule has 16 heavy (non-hydrogen) atoms. The van der Waals surface area contributed by atoms with Crippen molar-refractivity contribution in [3.05, 3.63) is 54.6 Å². The molecular weight excluding hydrogens is 202 g/mol. The zero-order valence-electron chi connectivity index (χ0n) is 9.09. The smallest absolute Gasteiger partial charge is 0.253 e. The predicted molar refractivity (Wildman–Crippen MR) is 63.5 cm³/mol. The lowest BCUT2D eigenvalue weighted by Gasteiger charge is -2.01. The van der Waals surface area contributed by atoms with Crippen LogP contribution in [0.15, 0.2) is 49.1 Å². The molecule has 1 aromatic rings. The standard InChI is InChI=1S/C8H8.C5H5NO2/c1-2-8-6-4-3-5-7-8;1-6-4(7)2-3-5(6)8/h2-7H,1H2;2-3H,1H3. The zero-order chi connectivity index (χ0) is 12.0. The fourth-order valence-electron chi connectivity index (χ4n) is 1.06. The van der Waals surface area contributed by atoms with E-state index in [1.54, 1.807) is 0 Å². The molecule has 3 nitrogen and oxygen atoms in total. The molecule has 1 aromatic carbocycles. The van der Waals surface area contributed by atoms with E-state index in [1.165, 1.54) is 24.8 Å². The van der Waals surface area contributed by atoms with Gasteiger partial charge in [-0.2, -0.15) is 0 Å². The Morgan fingerprint density at radius 3 is 1.81 bits per heavy atom. The third-order valence-electron chi connectivity index (χ3n) is 2.06. The van der Waals surface area contributed by atoms with Crippen molar-refractivity contribution in [1.29, 1.82) is 0 Å². The van der Waals surface area contributed by atoms with Gasteiger partial charge in [0.15, 0.2) is 0 Å². The van der Waals surface area contributed by atoms with Crippen LogP contribution in [-0.2, 0) is 9.59 Å². The molecule has 0 saturated carbocycles. The maximum Gasteiger partial charge on any atom is 0.253 e. The molecule has 3 heteroatoms. The molecule has 0 atom stereocenters. The highest BCUT2D eigenvalue weighted by molar-refractivity contribution is 6.12. The minimum Gasteiger partial charge on any atom is -0.279 e. The molecule has 1 aliphatic heterocycles. The van der Waals surface area contributed by atoms with Crippen molar-refractivity contribution in [1.82, 2.24) is 4.90 Å². The Balaban J connectivity index is 0.000000160. The van der Waals surface area contributed by atoms with E-state index in [0.29, 0.717) is 0 Å². The molecule has 0 N–H and O–H groups in total. The Morgan fingerprint density at radius 1 is 1.06 bits per heavy atom. The van der Waals surface area contributed by atoms with Gasteiger partial charge in [0.05, 0.1) is 0 Å². The Bertz CT molecular complexity index is 403. The molecule has 0 bridgehead atoms. The van der Waals surface area contributed by atoms with Crippen LogP contribution >= 0.6 is 0 Å². The van der Waals surface area contributed by atoms with E-state index < -0.39 is 0 Å². The first-order valence-electron chi connectivity index (χ1n) is 4.82. The van der Waals surface area contributed by atoms with E-state index in [2.05, 4.69) is 6.58 Å². The number of hydrogen-bond acceptors (Lipinski definition) is 2. The SMILES string of the molecule is C=Cc1ccccc1.CN1C(=O)C=CC1=O. The van der Waals surface area contributed by atoms with Crippen molar-refractivity contribution >= 4 is 17.9 Å². The minimum atomic E-state index is -0.241. The topological polar surface area (TPSA) is 37.4 Å². The fourth-order valence-corrected chi connectivity index (χ4v) is 1.06. The normalized spacial score (nSPS) is 13.4. The van der Waals surface area contributed by atoms with Crippen LogP contribution in [0.3, 0.4) is 0 Å². The summed E-state index contributed by atoms with van der Waals surface area (Å²) in [6.45, 7) is 3.63. The number of rotatable bonds is 1. The number of amides is 2. The molecule has 1 aliphatic rings. The lowest BCUT2D eigenvalue weighted by Crippen LogP contribution is -2.24. The second-order valence-electron chi connectivity index (χ2n) is 3.18. The van der Waals surface area contributed by atoms with Crippen LogP contribution in [-0.4, -0.2) is 23.8 Å². The van der Waals surface area contributed by atoms with Crippen molar-refractivity contribution in [2.45, 2.75) is 0 Å². The Labute approximate surface area is 94.7 Å². The summed E-state index contributed by atoms with van der Waals surface area (Å²) in [5.74, 6) is -0.481. The van der Waals surface area contributed by atoms with E-state index >= 15 is 0 Å². The second-order valence-corrected chi connectivity index (χ2v) is 3.18. The van der Waals surface area contributed by atoms with Gasteiger partial charge in [0.25, 0.3) is 11.8 Å². The van der Waals surface area contributed by atoms with Gasteiger partial charge < -0.3 is 0 Å². The summed E-state index contributed by atoms with van der Waals surface area (Å²) in [6.07, 6.45) is 4.34. The highest BCUT2D eigenvalue weighted by atomic mass is 16.2. The van der Waals surface area contributed by atoms with Crippen molar-refractivity contribution in [2.75, 3.05) is 7.05 Å². The Morgan fingerprint density at radius 2 is 1.56 bits per heavy atom. The van der Waals surface area contributed by atoms with Crippen LogP contribution in [0.2, 0.25) is 0 Å². The summed E-state index contributed by atoms with van der Waals surface area (Å²) in [5.41, 5.74) is 1.17. The van der Waals surface area contributed by atoms with Gasteiger partial charge in [0.1, 0.15) is 0 Å². The van der Waals surface area contributed by atoms with Crippen LogP contribution in [0.4, 0.5) is 0 Å². The molecular formula is C13H13NO2. The first-order valence-corrected chi connectivity index (χ1v) is 4.82. The van der Waals surface area contributed by atoms with Crippen molar-refractivity contribution in [3.63, 3.8) is 0 Å². The molecule has 0 aliphatic carbocycles. The van der Waals surface area contributed by atoms with Crippen LogP contribution in [0.5, 0.6) is 0 Å². The average Bonchev–Trinajstić information content (AvgIpc) is 2.62. The monoisotopic (exact) mass is 215 g/mol. The van der Waals surface area contributed by atoms with E-state index in [-0.39, 0.29) is 11.8 Å². The van der Waals surface area contributed by atoms with Crippen molar-refractivity contribution in [2.24, 2.45) is 0 Å². The van der Waals surface area contributed by atoms with E-state index in [9.17, 15) is 9.59 Å². The molecule has 0 fully saturated rings. The lowest BCUT2D eigenvalue weighted by atomic mass is 10.2. The average molecular weight is 215 g/mol. The maximum absolute atomic E-state index is 10.4.